The average molecular weight is 604 g/mol. The van der Waals surface area contributed by atoms with Crippen LogP contribution < -0.4 is 10.6 Å². The summed E-state index contributed by atoms with van der Waals surface area (Å²) in [5.74, 6) is -15.5. The number of anilines is 2. The van der Waals surface area contributed by atoms with Gasteiger partial charge in [0, 0.05) is 10.6 Å². The van der Waals surface area contributed by atoms with Crippen molar-refractivity contribution in [3.8, 4) is 0 Å². The number of thioether (sulfide) groups is 1. The van der Waals surface area contributed by atoms with Crippen molar-refractivity contribution in [3.05, 3.63) is 88.0 Å². The number of carbonyl (C=O) groups excluding carboxylic acids is 2. The number of aromatic carboxylic acids is 2. The van der Waals surface area contributed by atoms with Crippen LogP contribution in [0.3, 0.4) is 0 Å². The summed E-state index contributed by atoms with van der Waals surface area (Å²) in [5.41, 5.74) is -5.79. The number of carboxylic acid groups (broad SMARTS) is 2. The van der Waals surface area contributed by atoms with E-state index in [0.29, 0.717) is 11.8 Å². The molecule has 0 aliphatic heterocycles. The lowest BCUT2D eigenvalue weighted by Gasteiger charge is -2.17. The van der Waals surface area contributed by atoms with E-state index in [1.54, 1.807) is 0 Å². The molecule has 1 unspecified atom stereocenters. The highest BCUT2D eigenvalue weighted by Crippen LogP contribution is 2.38. The van der Waals surface area contributed by atoms with Crippen LogP contribution in [0.2, 0.25) is 0 Å². The molecule has 0 aliphatic rings. The van der Waals surface area contributed by atoms with E-state index in [2.05, 4.69) is 5.32 Å². The van der Waals surface area contributed by atoms with Crippen LogP contribution in [0.4, 0.5) is 42.1 Å². The second-order valence-electron chi connectivity index (χ2n) is 8.11. The molecule has 4 N–H and O–H groups in total. The van der Waals surface area contributed by atoms with E-state index in [1.807, 2.05) is 0 Å². The molecule has 0 radical (unpaired) electrons. The molecule has 41 heavy (non-hydrogen) atoms. The number of halogens is 7. The molecule has 0 spiro atoms. The van der Waals surface area contributed by atoms with Crippen LogP contribution in [0.1, 0.15) is 43.6 Å². The summed E-state index contributed by atoms with van der Waals surface area (Å²) in [6.45, 7) is 1.20. The summed E-state index contributed by atoms with van der Waals surface area (Å²) in [7, 11) is 0. The molecule has 0 bridgehead atoms. The maximum absolute atomic E-state index is 14.1. The van der Waals surface area contributed by atoms with Crippen molar-refractivity contribution < 1.29 is 60.1 Å². The van der Waals surface area contributed by atoms with Crippen molar-refractivity contribution in [2.75, 3.05) is 10.6 Å². The van der Waals surface area contributed by atoms with Gasteiger partial charge in [0.05, 0.1) is 21.9 Å². The van der Waals surface area contributed by atoms with E-state index in [4.69, 9.17) is 5.11 Å². The molecular formula is C25H15F7N2O6S. The number of carbonyl (C=O) groups is 4. The number of rotatable bonds is 8. The molecule has 0 heterocycles. The molecule has 0 saturated heterocycles. The SMILES string of the molecule is CC(Sc1cccc(NC(=O)c2ccc(C(=O)O)cc2C(=O)O)c1)C(=O)Nc1c(F)c(F)c(C(F)(F)F)c(F)c1F. The second kappa shape index (κ2) is 11.9. The zero-order chi connectivity index (χ0) is 30.8. The minimum absolute atomic E-state index is 0.0789. The lowest BCUT2D eigenvalue weighted by Crippen LogP contribution is -2.25. The van der Waals surface area contributed by atoms with E-state index >= 15 is 0 Å². The van der Waals surface area contributed by atoms with Crippen molar-refractivity contribution >= 4 is 46.9 Å². The molecule has 216 valence electrons. The van der Waals surface area contributed by atoms with Crippen LogP contribution in [-0.4, -0.2) is 39.2 Å². The van der Waals surface area contributed by atoms with Gasteiger partial charge in [0.1, 0.15) is 11.3 Å². The van der Waals surface area contributed by atoms with Crippen LogP contribution in [0.25, 0.3) is 0 Å². The molecule has 3 aromatic rings. The molecular weight excluding hydrogens is 589 g/mol. The van der Waals surface area contributed by atoms with E-state index in [-0.39, 0.29) is 21.7 Å². The van der Waals surface area contributed by atoms with Gasteiger partial charge in [-0.3, -0.25) is 9.59 Å². The zero-order valence-corrected chi connectivity index (χ0v) is 21.0. The first-order chi connectivity index (χ1) is 19.0. The van der Waals surface area contributed by atoms with Gasteiger partial charge in [0.25, 0.3) is 5.91 Å². The van der Waals surface area contributed by atoms with E-state index in [1.165, 1.54) is 36.5 Å². The van der Waals surface area contributed by atoms with Gasteiger partial charge >= 0.3 is 18.1 Å². The standard InChI is InChI=1S/C25H15F7N2O6S/c1-9(21(35)34-20-18(28)16(26)15(25(30,31)32)17(27)19(20)29)41-12-4-2-3-11(8-12)33-22(36)13-6-5-10(23(37)38)7-14(13)24(39)40/h2-9H,1H3,(H,33,36)(H,34,35)(H,37,38)(H,39,40). The smallest absolute Gasteiger partial charge is 0.422 e. The van der Waals surface area contributed by atoms with Crippen LogP contribution in [0, 0.1) is 23.3 Å². The Balaban J connectivity index is 1.78. The van der Waals surface area contributed by atoms with Crippen LogP contribution in [-0.2, 0) is 11.0 Å². The highest BCUT2D eigenvalue weighted by atomic mass is 32.2. The molecule has 16 heteroatoms. The van der Waals surface area contributed by atoms with Gasteiger partial charge in [-0.1, -0.05) is 6.07 Å². The van der Waals surface area contributed by atoms with E-state index in [0.717, 1.165) is 18.2 Å². The van der Waals surface area contributed by atoms with E-state index < -0.39 is 75.3 Å². The van der Waals surface area contributed by atoms with Crippen molar-refractivity contribution in [2.24, 2.45) is 0 Å². The van der Waals surface area contributed by atoms with Gasteiger partial charge in [0.2, 0.25) is 5.91 Å². The summed E-state index contributed by atoms with van der Waals surface area (Å²) in [5, 5.41) is 21.1. The highest BCUT2D eigenvalue weighted by molar-refractivity contribution is 8.00. The topological polar surface area (TPSA) is 133 Å². The minimum Gasteiger partial charge on any atom is -0.478 e. The molecule has 3 rings (SSSR count). The molecule has 8 nitrogen and oxygen atoms in total. The third-order valence-corrected chi connectivity index (χ3v) is 6.40. The van der Waals surface area contributed by atoms with Gasteiger partial charge in [-0.15, -0.1) is 11.8 Å². The Hall–Kier alpha value is -4.60. The lowest BCUT2D eigenvalue weighted by atomic mass is 10.0. The van der Waals surface area contributed by atoms with Crippen LogP contribution in [0.15, 0.2) is 47.4 Å². The third kappa shape index (κ3) is 6.77. The summed E-state index contributed by atoms with van der Waals surface area (Å²) in [4.78, 5) is 48.0. The Morgan fingerprint density at radius 1 is 0.805 bits per heavy atom. The zero-order valence-electron chi connectivity index (χ0n) is 20.2. The Morgan fingerprint density at radius 2 is 1.41 bits per heavy atom. The lowest BCUT2D eigenvalue weighted by molar-refractivity contribution is -0.143. The van der Waals surface area contributed by atoms with Crippen LogP contribution in [0.5, 0.6) is 0 Å². The van der Waals surface area contributed by atoms with Crippen LogP contribution >= 0.6 is 11.8 Å². The number of hydrogen-bond donors (Lipinski definition) is 4. The Labute approximate surface area is 229 Å². The Kier molecular flexibility index (Phi) is 8.96. The minimum atomic E-state index is -5.75. The summed E-state index contributed by atoms with van der Waals surface area (Å²) in [6.07, 6.45) is -5.75. The maximum Gasteiger partial charge on any atom is 0.422 e. The number of benzene rings is 3. The van der Waals surface area contributed by atoms with Gasteiger partial charge in [0.15, 0.2) is 23.3 Å². The van der Waals surface area contributed by atoms with E-state index in [9.17, 15) is 55.0 Å². The molecule has 0 aromatic heterocycles. The van der Waals surface area contributed by atoms with Gasteiger partial charge in [-0.05, 0) is 43.3 Å². The molecule has 0 saturated carbocycles. The van der Waals surface area contributed by atoms with Crippen molar-refractivity contribution in [3.63, 3.8) is 0 Å². The van der Waals surface area contributed by atoms with Gasteiger partial charge < -0.3 is 20.8 Å². The molecule has 3 aromatic carbocycles. The summed E-state index contributed by atoms with van der Waals surface area (Å²) >= 11 is 0.714. The average Bonchev–Trinajstić information content (AvgIpc) is 2.88. The van der Waals surface area contributed by atoms with Gasteiger partial charge in [-0.2, -0.15) is 13.2 Å². The number of amides is 2. The fourth-order valence-electron chi connectivity index (χ4n) is 3.37. The molecule has 2 amide bonds. The monoisotopic (exact) mass is 604 g/mol. The Morgan fingerprint density at radius 3 is 1.95 bits per heavy atom. The van der Waals surface area contributed by atoms with Crippen molar-refractivity contribution in [1.82, 2.24) is 0 Å². The number of hydrogen-bond acceptors (Lipinski definition) is 5. The third-order valence-electron chi connectivity index (χ3n) is 5.31. The summed E-state index contributed by atoms with van der Waals surface area (Å²) in [6, 6.07) is 8.32. The maximum atomic E-state index is 14.1. The fourth-order valence-corrected chi connectivity index (χ4v) is 4.30. The van der Waals surface area contributed by atoms with Crippen molar-refractivity contribution in [1.29, 1.82) is 0 Å². The normalized spacial score (nSPS) is 12.0. The number of nitrogens with one attached hydrogen (secondary N) is 2. The molecule has 0 fully saturated rings. The first-order valence-electron chi connectivity index (χ1n) is 11.0. The predicted octanol–water partition coefficient (Wildman–Crippen LogP) is 6.03. The first kappa shape index (κ1) is 30.9. The predicted molar refractivity (Wildman–Crippen MR) is 130 cm³/mol. The fraction of sp³-hybridized carbons (Fsp3) is 0.120. The highest BCUT2D eigenvalue weighted by Gasteiger charge is 2.42. The quantitative estimate of drug-likeness (QED) is 0.140. The second-order valence-corrected chi connectivity index (χ2v) is 9.52. The number of carboxylic acids is 2. The molecule has 1 atom stereocenters. The molecule has 0 aliphatic carbocycles. The largest absolute Gasteiger partial charge is 0.478 e. The first-order valence-corrected chi connectivity index (χ1v) is 11.8. The van der Waals surface area contributed by atoms with Crippen molar-refractivity contribution in [2.45, 2.75) is 23.2 Å². The van der Waals surface area contributed by atoms with Gasteiger partial charge in [-0.25, -0.2) is 27.2 Å². The Bertz CT molecular complexity index is 1550. The number of alkyl halides is 3. The summed E-state index contributed by atoms with van der Waals surface area (Å²) < 4.78 is 94.2.